The first kappa shape index (κ1) is 22.2. The molecule has 32 heavy (non-hydrogen) atoms. The van der Waals surface area contributed by atoms with Gasteiger partial charge >= 0.3 is 6.09 Å². The van der Waals surface area contributed by atoms with Crippen LogP contribution in [-0.4, -0.2) is 55.3 Å². The molecule has 1 aromatic heterocycles. The van der Waals surface area contributed by atoms with Gasteiger partial charge in [0.2, 0.25) is 5.91 Å². The second-order valence-corrected chi connectivity index (χ2v) is 8.05. The zero-order valence-electron chi connectivity index (χ0n) is 18.6. The smallest absolute Gasteiger partial charge is 0.410 e. The lowest BCUT2D eigenvalue weighted by atomic mass is 10.00. The lowest BCUT2D eigenvalue weighted by molar-refractivity contribution is -0.134. The predicted octanol–water partition coefficient (Wildman–Crippen LogP) is 3.49. The fourth-order valence-electron chi connectivity index (χ4n) is 4.08. The van der Waals surface area contributed by atoms with Crippen LogP contribution in [0, 0.1) is 0 Å². The van der Waals surface area contributed by atoms with Crippen molar-refractivity contribution in [3.63, 3.8) is 0 Å². The summed E-state index contributed by atoms with van der Waals surface area (Å²) in [5, 5.41) is 0. The third kappa shape index (κ3) is 4.92. The van der Waals surface area contributed by atoms with Gasteiger partial charge in [0.25, 0.3) is 0 Å². The maximum Gasteiger partial charge on any atom is 0.420 e. The van der Waals surface area contributed by atoms with Crippen molar-refractivity contribution in [2.75, 3.05) is 38.3 Å². The second kappa shape index (κ2) is 10.1. The van der Waals surface area contributed by atoms with Crippen molar-refractivity contribution < 1.29 is 23.8 Å². The second-order valence-electron chi connectivity index (χ2n) is 8.05. The molecule has 0 spiro atoms. The minimum Gasteiger partial charge on any atom is -0.410 e. The number of aromatic nitrogens is 1. The minimum absolute atomic E-state index is 0.0238. The molecule has 1 unspecified atom stereocenters. The van der Waals surface area contributed by atoms with E-state index in [0.717, 1.165) is 36.1 Å². The summed E-state index contributed by atoms with van der Waals surface area (Å²) in [6.07, 6.45) is 1.69. The lowest BCUT2D eigenvalue weighted by Crippen LogP contribution is -2.39. The third-order valence-electron chi connectivity index (χ3n) is 5.84. The van der Waals surface area contributed by atoms with Gasteiger partial charge in [-0.3, -0.25) is 9.69 Å². The Kier molecular flexibility index (Phi) is 7.02. The molecule has 170 valence electrons. The summed E-state index contributed by atoms with van der Waals surface area (Å²) in [4.78, 5) is 33.7. The van der Waals surface area contributed by atoms with Crippen LogP contribution in [0.25, 0.3) is 0 Å². The van der Waals surface area contributed by atoms with Gasteiger partial charge in [0.05, 0.1) is 11.8 Å². The number of aryl methyl sites for hydroxylation is 1. The quantitative estimate of drug-likeness (QED) is 0.710. The Hall–Kier alpha value is -2.97. The minimum atomic E-state index is -0.451. The van der Waals surface area contributed by atoms with Crippen LogP contribution in [0.15, 0.2) is 36.4 Å². The average Bonchev–Trinajstić information content (AvgIpc) is 3.02. The van der Waals surface area contributed by atoms with E-state index in [1.165, 1.54) is 0 Å². The Labute approximate surface area is 188 Å². The zero-order valence-corrected chi connectivity index (χ0v) is 18.6. The van der Waals surface area contributed by atoms with Crippen molar-refractivity contribution in [3.05, 3.63) is 53.2 Å². The molecule has 3 heterocycles. The van der Waals surface area contributed by atoms with Gasteiger partial charge in [-0.25, -0.2) is 9.78 Å². The number of hydrogen-bond acceptors (Lipinski definition) is 6. The van der Waals surface area contributed by atoms with Gasteiger partial charge in [-0.05, 0) is 55.5 Å². The number of fused-ring (bicyclic) bond motifs is 1. The largest absolute Gasteiger partial charge is 0.420 e. The number of carbonyl (C=O) groups excluding carboxylic acids is 2. The van der Waals surface area contributed by atoms with E-state index < -0.39 is 6.09 Å². The average molecular weight is 440 g/mol. The van der Waals surface area contributed by atoms with Crippen LogP contribution in [0.2, 0.25) is 0 Å². The number of amides is 2. The first-order valence-corrected chi connectivity index (χ1v) is 11.0. The molecule has 4 rings (SSSR count). The molecular weight excluding hydrogens is 410 g/mol. The highest BCUT2D eigenvalue weighted by Gasteiger charge is 2.29. The van der Waals surface area contributed by atoms with Crippen molar-refractivity contribution >= 4 is 17.8 Å². The number of ether oxygens (including phenoxy) is 3. The van der Waals surface area contributed by atoms with Gasteiger partial charge in [0, 0.05) is 33.4 Å². The molecule has 2 aromatic rings. The molecule has 8 heteroatoms. The van der Waals surface area contributed by atoms with Crippen LogP contribution in [-0.2, 0) is 27.2 Å². The third-order valence-corrected chi connectivity index (χ3v) is 5.84. The number of methoxy groups -OCH3 is 1. The molecule has 0 bridgehead atoms. The molecule has 1 saturated heterocycles. The van der Waals surface area contributed by atoms with E-state index in [2.05, 4.69) is 6.07 Å². The van der Waals surface area contributed by atoms with E-state index in [0.29, 0.717) is 37.8 Å². The molecular formula is C24H29N3O5. The molecule has 8 nitrogen and oxygen atoms in total. The Bertz CT molecular complexity index is 966. The summed E-state index contributed by atoms with van der Waals surface area (Å²) in [6.45, 7) is 4.23. The summed E-state index contributed by atoms with van der Waals surface area (Å²) in [6, 6.07) is 11.1. The molecule has 2 aliphatic rings. The summed E-state index contributed by atoms with van der Waals surface area (Å²) < 4.78 is 16.5. The normalized spacial score (nSPS) is 17.5. The van der Waals surface area contributed by atoms with E-state index in [1.807, 2.05) is 30.0 Å². The molecule has 0 saturated carbocycles. The van der Waals surface area contributed by atoms with Crippen LogP contribution < -0.4 is 9.64 Å². The predicted molar refractivity (Wildman–Crippen MR) is 119 cm³/mol. The monoisotopic (exact) mass is 439 g/mol. The van der Waals surface area contributed by atoms with E-state index in [1.54, 1.807) is 24.1 Å². The van der Waals surface area contributed by atoms with Crippen LogP contribution in [0.5, 0.6) is 5.75 Å². The fraction of sp³-hybridized carbons (Fsp3) is 0.458. The van der Waals surface area contributed by atoms with Crippen molar-refractivity contribution in [2.45, 2.75) is 38.8 Å². The standard InChI is InChI=1S/C24H29N3O5/c1-17(30-2)22-19(15-26-11-7-13-31-16-21(26)28)14-18-8-6-12-27(23(18)25-22)24(29)32-20-9-4-3-5-10-20/h3-5,9-10,14,17H,6-8,11-13,15-16H2,1-2H3. The fourth-order valence-corrected chi connectivity index (χ4v) is 4.08. The van der Waals surface area contributed by atoms with Crippen molar-refractivity contribution in [3.8, 4) is 5.75 Å². The summed E-state index contributed by atoms with van der Waals surface area (Å²) in [5.74, 6) is 1.07. The molecule has 0 radical (unpaired) electrons. The summed E-state index contributed by atoms with van der Waals surface area (Å²) in [5.41, 5.74) is 2.64. The molecule has 2 amide bonds. The number of carbonyl (C=O) groups is 2. The van der Waals surface area contributed by atoms with Crippen LogP contribution in [0.1, 0.15) is 42.7 Å². The highest BCUT2D eigenvalue weighted by Crippen LogP contribution is 2.32. The van der Waals surface area contributed by atoms with Gasteiger partial charge in [-0.1, -0.05) is 18.2 Å². The zero-order chi connectivity index (χ0) is 22.5. The molecule has 1 atom stereocenters. The van der Waals surface area contributed by atoms with Crippen LogP contribution in [0.3, 0.4) is 0 Å². The van der Waals surface area contributed by atoms with Crippen LogP contribution in [0.4, 0.5) is 10.6 Å². The van der Waals surface area contributed by atoms with Gasteiger partial charge in [-0.2, -0.15) is 0 Å². The van der Waals surface area contributed by atoms with E-state index in [4.69, 9.17) is 19.2 Å². The maximum absolute atomic E-state index is 12.9. The number of benzene rings is 1. The number of hydrogen-bond donors (Lipinski definition) is 0. The van der Waals surface area contributed by atoms with Crippen molar-refractivity contribution in [2.24, 2.45) is 0 Å². The molecule has 0 aliphatic carbocycles. The van der Waals surface area contributed by atoms with Crippen molar-refractivity contribution in [1.29, 1.82) is 0 Å². The topological polar surface area (TPSA) is 81.2 Å². The molecule has 1 aromatic carbocycles. The number of para-hydroxylation sites is 1. The highest BCUT2D eigenvalue weighted by molar-refractivity contribution is 5.89. The SMILES string of the molecule is COC(C)c1nc2c(cc1CN1CCCOCC1=O)CCCN2C(=O)Oc1ccccc1. The van der Waals surface area contributed by atoms with Gasteiger partial charge < -0.3 is 19.1 Å². The number of nitrogens with zero attached hydrogens (tertiary/aromatic N) is 3. The maximum atomic E-state index is 12.9. The highest BCUT2D eigenvalue weighted by atomic mass is 16.6. The lowest BCUT2D eigenvalue weighted by Gasteiger charge is -2.30. The Balaban J connectivity index is 1.64. The Morgan fingerprint density at radius 1 is 1.22 bits per heavy atom. The van der Waals surface area contributed by atoms with Gasteiger partial charge in [0.1, 0.15) is 18.2 Å². The van der Waals surface area contributed by atoms with E-state index >= 15 is 0 Å². The van der Waals surface area contributed by atoms with Crippen molar-refractivity contribution in [1.82, 2.24) is 9.88 Å². The van der Waals surface area contributed by atoms with Gasteiger partial charge in [0.15, 0.2) is 0 Å². The molecule has 1 fully saturated rings. The number of anilines is 1. The Morgan fingerprint density at radius 2 is 2.03 bits per heavy atom. The van der Waals surface area contributed by atoms with Crippen LogP contribution >= 0.6 is 0 Å². The van der Waals surface area contributed by atoms with Gasteiger partial charge in [-0.15, -0.1) is 0 Å². The summed E-state index contributed by atoms with van der Waals surface area (Å²) >= 11 is 0. The first-order valence-electron chi connectivity index (χ1n) is 11.0. The summed E-state index contributed by atoms with van der Waals surface area (Å²) in [7, 11) is 1.63. The Morgan fingerprint density at radius 3 is 2.81 bits per heavy atom. The number of pyridine rings is 1. The molecule has 2 aliphatic heterocycles. The first-order chi connectivity index (χ1) is 15.6. The number of rotatable bonds is 5. The van der Waals surface area contributed by atoms with E-state index in [-0.39, 0.29) is 18.6 Å². The van der Waals surface area contributed by atoms with E-state index in [9.17, 15) is 9.59 Å². The molecule has 0 N–H and O–H groups in total.